The second-order valence-electron chi connectivity index (χ2n) is 6.07. The van der Waals surface area contributed by atoms with Crippen molar-refractivity contribution in [2.45, 2.75) is 33.2 Å². The first kappa shape index (κ1) is 16.4. The molecule has 0 radical (unpaired) electrons. The maximum absolute atomic E-state index is 6.04. The maximum Gasteiger partial charge on any atom is 0.225 e. The minimum Gasteiger partial charge on any atom is -0.495 e. The summed E-state index contributed by atoms with van der Waals surface area (Å²) < 4.78 is 5.23. The van der Waals surface area contributed by atoms with Crippen molar-refractivity contribution in [3.05, 3.63) is 35.0 Å². The number of halogens is 1. The smallest absolute Gasteiger partial charge is 0.225 e. The Labute approximate surface area is 136 Å². The van der Waals surface area contributed by atoms with Crippen LogP contribution in [0.4, 0.5) is 17.5 Å². The van der Waals surface area contributed by atoms with Gasteiger partial charge in [-0.3, -0.25) is 0 Å². The first-order chi connectivity index (χ1) is 10.3. The van der Waals surface area contributed by atoms with Gasteiger partial charge in [-0.05, 0) is 39.8 Å². The van der Waals surface area contributed by atoms with Crippen LogP contribution in [-0.4, -0.2) is 22.6 Å². The third kappa shape index (κ3) is 4.24. The van der Waals surface area contributed by atoms with E-state index in [-0.39, 0.29) is 5.54 Å². The van der Waals surface area contributed by atoms with Gasteiger partial charge in [0, 0.05) is 29.1 Å². The Morgan fingerprint density at radius 2 is 1.95 bits per heavy atom. The molecular formula is C16H21ClN4O. The van der Waals surface area contributed by atoms with Crippen LogP contribution in [-0.2, 0) is 0 Å². The fraction of sp³-hybridized carbons (Fsp3) is 0.375. The molecule has 2 rings (SSSR count). The Morgan fingerprint density at radius 3 is 2.59 bits per heavy atom. The normalized spacial score (nSPS) is 11.2. The van der Waals surface area contributed by atoms with Gasteiger partial charge in [0.2, 0.25) is 5.95 Å². The molecule has 0 aliphatic heterocycles. The molecule has 0 aliphatic carbocycles. The van der Waals surface area contributed by atoms with E-state index < -0.39 is 0 Å². The van der Waals surface area contributed by atoms with Crippen molar-refractivity contribution >= 4 is 29.1 Å². The quantitative estimate of drug-likeness (QED) is 0.874. The van der Waals surface area contributed by atoms with Crippen molar-refractivity contribution in [1.82, 2.24) is 9.97 Å². The SMILES string of the molecule is COc1cc(Nc2nc(NC(C)(C)C)ncc2C)ccc1Cl. The molecule has 2 aromatic rings. The summed E-state index contributed by atoms with van der Waals surface area (Å²) in [6, 6.07) is 5.50. The molecule has 1 heterocycles. The summed E-state index contributed by atoms with van der Waals surface area (Å²) >= 11 is 6.04. The van der Waals surface area contributed by atoms with E-state index in [1.54, 1.807) is 19.4 Å². The Morgan fingerprint density at radius 1 is 1.23 bits per heavy atom. The lowest BCUT2D eigenvalue weighted by Gasteiger charge is -2.21. The topological polar surface area (TPSA) is 59.1 Å². The van der Waals surface area contributed by atoms with Gasteiger partial charge in [-0.25, -0.2) is 4.98 Å². The standard InChI is InChI=1S/C16H21ClN4O/c1-10-9-18-15(21-16(2,3)4)20-14(10)19-11-6-7-12(17)13(8-11)22-5/h6-9H,1-5H3,(H2,18,19,20,21). The minimum atomic E-state index is -0.101. The highest BCUT2D eigenvalue weighted by atomic mass is 35.5. The van der Waals surface area contributed by atoms with Gasteiger partial charge in [-0.2, -0.15) is 4.98 Å². The Hall–Kier alpha value is -2.01. The fourth-order valence-electron chi connectivity index (χ4n) is 1.84. The van der Waals surface area contributed by atoms with Gasteiger partial charge in [0.1, 0.15) is 11.6 Å². The molecule has 0 fully saturated rings. The number of benzene rings is 1. The molecular weight excluding hydrogens is 300 g/mol. The number of aryl methyl sites for hydroxylation is 1. The van der Waals surface area contributed by atoms with E-state index in [1.165, 1.54) is 0 Å². The Bertz CT molecular complexity index is 668. The van der Waals surface area contributed by atoms with Gasteiger partial charge in [0.15, 0.2) is 0 Å². The van der Waals surface area contributed by atoms with Crippen LogP contribution in [0.2, 0.25) is 5.02 Å². The first-order valence-corrected chi connectivity index (χ1v) is 7.39. The van der Waals surface area contributed by atoms with Crippen LogP contribution in [0, 0.1) is 6.92 Å². The minimum absolute atomic E-state index is 0.101. The predicted octanol–water partition coefficient (Wildman–Crippen LogP) is 4.40. The van der Waals surface area contributed by atoms with E-state index in [9.17, 15) is 0 Å². The van der Waals surface area contributed by atoms with E-state index in [1.807, 2.05) is 19.1 Å². The molecule has 0 saturated heterocycles. The third-order valence-electron chi connectivity index (χ3n) is 2.87. The van der Waals surface area contributed by atoms with Gasteiger partial charge < -0.3 is 15.4 Å². The van der Waals surface area contributed by atoms with Crippen molar-refractivity contribution in [2.24, 2.45) is 0 Å². The summed E-state index contributed by atoms with van der Waals surface area (Å²) in [5.41, 5.74) is 1.70. The number of nitrogens with one attached hydrogen (secondary N) is 2. The summed E-state index contributed by atoms with van der Waals surface area (Å²) in [5.74, 6) is 1.94. The van der Waals surface area contributed by atoms with Crippen LogP contribution >= 0.6 is 11.6 Å². The van der Waals surface area contributed by atoms with Gasteiger partial charge in [-0.15, -0.1) is 0 Å². The first-order valence-electron chi connectivity index (χ1n) is 7.01. The number of hydrogen-bond acceptors (Lipinski definition) is 5. The van der Waals surface area contributed by atoms with Crippen LogP contribution in [0.3, 0.4) is 0 Å². The molecule has 22 heavy (non-hydrogen) atoms. The van der Waals surface area contributed by atoms with Gasteiger partial charge in [0.05, 0.1) is 12.1 Å². The van der Waals surface area contributed by atoms with E-state index in [4.69, 9.17) is 16.3 Å². The Balaban J connectivity index is 2.27. The van der Waals surface area contributed by atoms with Crippen LogP contribution < -0.4 is 15.4 Å². The monoisotopic (exact) mass is 320 g/mol. The molecule has 1 aromatic heterocycles. The number of methoxy groups -OCH3 is 1. The summed E-state index contributed by atoms with van der Waals surface area (Å²) in [6.07, 6.45) is 1.79. The van der Waals surface area contributed by atoms with Crippen LogP contribution in [0.25, 0.3) is 0 Å². The van der Waals surface area contributed by atoms with Crippen molar-refractivity contribution in [1.29, 1.82) is 0 Å². The van der Waals surface area contributed by atoms with Gasteiger partial charge in [-0.1, -0.05) is 11.6 Å². The van der Waals surface area contributed by atoms with Gasteiger partial charge in [0.25, 0.3) is 0 Å². The number of anilines is 3. The van der Waals surface area contributed by atoms with Crippen molar-refractivity contribution in [2.75, 3.05) is 17.7 Å². The predicted molar refractivity (Wildman–Crippen MR) is 91.4 cm³/mol. The zero-order valence-electron chi connectivity index (χ0n) is 13.5. The molecule has 118 valence electrons. The molecule has 0 bridgehead atoms. The molecule has 1 aromatic carbocycles. The number of nitrogens with zero attached hydrogens (tertiary/aromatic N) is 2. The van der Waals surface area contributed by atoms with Crippen LogP contribution in [0.1, 0.15) is 26.3 Å². The zero-order valence-corrected chi connectivity index (χ0v) is 14.2. The molecule has 0 amide bonds. The van der Waals surface area contributed by atoms with Crippen LogP contribution in [0.5, 0.6) is 5.75 Å². The average Bonchev–Trinajstić information content (AvgIpc) is 2.43. The summed E-state index contributed by atoms with van der Waals surface area (Å²) in [7, 11) is 1.59. The van der Waals surface area contributed by atoms with E-state index in [2.05, 4.69) is 41.4 Å². The molecule has 0 spiro atoms. The summed E-state index contributed by atoms with van der Waals surface area (Å²) in [5, 5.41) is 7.10. The fourth-order valence-corrected chi connectivity index (χ4v) is 2.03. The highest BCUT2D eigenvalue weighted by Crippen LogP contribution is 2.29. The Kier molecular flexibility index (Phi) is 4.76. The number of aromatic nitrogens is 2. The molecule has 0 atom stereocenters. The highest BCUT2D eigenvalue weighted by molar-refractivity contribution is 6.32. The number of ether oxygens (including phenoxy) is 1. The van der Waals surface area contributed by atoms with E-state index in [0.717, 1.165) is 17.1 Å². The molecule has 0 saturated carbocycles. The zero-order chi connectivity index (χ0) is 16.3. The summed E-state index contributed by atoms with van der Waals surface area (Å²) in [4.78, 5) is 8.83. The number of hydrogen-bond donors (Lipinski definition) is 2. The molecule has 0 aliphatic rings. The van der Waals surface area contributed by atoms with Gasteiger partial charge >= 0.3 is 0 Å². The number of rotatable bonds is 4. The van der Waals surface area contributed by atoms with E-state index in [0.29, 0.717) is 16.7 Å². The molecule has 5 nitrogen and oxygen atoms in total. The van der Waals surface area contributed by atoms with E-state index >= 15 is 0 Å². The van der Waals surface area contributed by atoms with Crippen LogP contribution in [0.15, 0.2) is 24.4 Å². The average molecular weight is 321 g/mol. The lowest BCUT2D eigenvalue weighted by Crippen LogP contribution is -2.27. The maximum atomic E-state index is 6.04. The second-order valence-corrected chi connectivity index (χ2v) is 6.48. The van der Waals surface area contributed by atoms with Crippen molar-refractivity contribution < 1.29 is 4.74 Å². The lowest BCUT2D eigenvalue weighted by molar-refractivity contribution is 0.415. The lowest BCUT2D eigenvalue weighted by atomic mass is 10.1. The molecule has 6 heteroatoms. The largest absolute Gasteiger partial charge is 0.495 e. The molecule has 2 N–H and O–H groups in total. The summed E-state index contributed by atoms with van der Waals surface area (Å²) in [6.45, 7) is 8.14. The highest BCUT2D eigenvalue weighted by Gasteiger charge is 2.13. The van der Waals surface area contributed by atoms with Crippen molar-refractivity contribution in [3.63, 3.8) is 0 Å². The second kappa shape index (κ2) is 6.40. The molecule has 0 unspecified atom stereocenters. The van der Waals surface area contributed by atoms with Crippen molar-refractivity contribution in [3.8, 4) is 5.75 Å². The third-order valence-corrected chi connectivity index (χ3v) is 3.18.